The average molecular weight is 230 g/mol. The van der Waals surface area contributed by atoms with E-state index in [1.165, 1.54) is 31.5 Å². The molecule has 0 spiro atoms. The first-order valence-corrected chi connectivity index (χ1v) is 6.54. The molecule has 0 aliphatic carbocycles. The van der Waals surface area contributed by atoms with Crippen LogP contribution in [0.5, 0.6) is 0 Å². The second-order valence-electron chi connectivity index (χ2n) is 4.72. The van der Waals surface area contributed by atoms with Crippen LogP contribution in [0.25, 0.3) is 0 Å². The Kier molecular flexibility index (Phi) is 4.77. The summed E-state index contributed by atoms with van der Waals surface area (Å²) in [5, 5.41) is 0. The first-order valence-electron chi connectivity index (χ1n) is 6.54. The minimum absolute atomic E-state index is 0.191. The van der Waals surface area contributed by atoms with Crippen molar-refractivity contribution in [3.8, 4) is 0 Å². The van der Waals surface area contributed by atoms with Crippen LogP contribution >= 0.6 is 0 Å². The molecule has 1 atom stereocenters. The SMILES string of the molecule is NC(CCCN1CC=CCC1)c1ccccc1. The zero-order valence-electron chi connectivity index (χ0n) is 10.4. The minimum atomic E-state index is 0.191. The van der Waals surface area contributed by atoms with Crippen molar-refractivity contribution < 1.29 is 0 Å². The summed E-state index contributed by atoms with van der Waals surface area (Å²) in [7, 11) is 0. The number of hydrogen-bond donors (Lipinski definition) is 1. The Morgan fingerprint density at radius 2 is 2.00 bits per heavy atom. The number of nitrogens with two attached hydrogens (primary N) is 1. The van der Waals surface area contributed by atoms with Gasteiger partial charge in [-0.1, -0.05) is 42.5 Å². The summed E-state index contributed by atoms with van der Waals surface area (Å²) >= 11 is 0. The van der Waals surface area contributed by atoms with Gasteiger partial charge in [-0.15, -0.1) is 0 Å². The van der Waals surface area contributed by atoms with E-state index in [1.54, 1.807) is 0 Å². The molecule has 0 amide bonds. The zero-order valence-corrected chi connectivity index (χ0v) is 10.4. The lowest BCUT2D eigenvalue weighted by atomic mass is 10.0. The quantitative estimate of drug-likeness (QED) is 0.788. The minimum Gasteiger partial charge on any atom is -0.324 e. The van der Waals surface area contributed by atoms with Crippen molar-refractivity contribution in [1.82, 2.24) is 4.90 Å². The largest absolute Gasteiger partial charge is 0.324 e. The van der Waals surface area contributed by atoms with E-state index in [-0.39, 0.29) is 6.04 Å². The molecule has 1 unspecified atom stereocenters. The number of hydrogen-bond acceptors (Lipinski definition) is 2. The molecule has 2 heteroatoms. The summed E-state index contributed by atoms with van der Waals surface area (Å²) < 4.78 is 0. The Morgan fingerprint density at radius 1 is 1.18 bits per heavy atom. The third-order valence-electron chi connectivity index (χ3n) is 3.36. The van der Waals surface area contributed by atoms with Crippen LogP contribution < -0.4 is 5.73 Å². The molecule has 1 aliphatic heterocycles. The second-order valence-corrected chi connectivity index (χ2v) is 4.72. The second kappa shape index (κ2) is 6.58. The van der Waals surface area contributed by atoms with Crippen LogP contribution in [-0.4, -0.2) is 24.5 Å². The summed E-state index contributed by atoms with van der Waals surface area (Å²) in [4.78, 5) is 2.50. The summed E-state index contributed by atoms with van der Waals surface area (Å²) in [5.74, 6) is 0. The van der Waals surface area contributed by atoms with Gasteiger partial charge in [0.05, 0.1) is 0 Å². The monoisotopic (exact) mass is 230 g/mol. The van der Waals surface area contributed by atoms with Gasteiger partial charge in [0.25, 0.3) is 0 Å². The number of rotatable bonds is 5. The molecule has 0 saturated carbocycles. The number of benzene rings is 1. The van der Waals surface area contributed by atoms with E-state index in [2.05, 4.69) is 41.3 Å². The van der Waals surface area contributed by atoms with Gasteiger partial charge in [-0.3, -0.25) is 4.90 Å². The van der Waals surface area contributed by atoms with Gasteiger partial charge >= 0.3 is 0 Å². The van der Waals surface area contributed by atoms with Crippen LogP contribution in [-0.2, 0) is 0 Å². The van der Waals surface area contributed by atoms with Crippen molar-refractivity contribution in [3.63, 3.8) is 0 Å². The van der Waals surface area contributed by atoms with Crippen LogP contribution in [0.15, 0.2) is 42.5 Å². The lowest BCUT2D eigenvalue weighted by Crippen LogP contribution is -2.28. The van der Waals surface area contributed by atoms with E-state index >= 15 is 0 Å². The molecule has 0 aromatic heterocycles. The zero-order chi connectivity index (χ0) is 11.9. The molecule has 0 fully saturated rings. The third-order valence-corrected chi connectivity index (χ3v) is 3.36. The van der Waals surface area contributed by atoms with Crippen LogP contribution in [0, 0.1) is 0 Å². The van der Waals surface area contributed by atoms with Crippen molar-refractivity contribution in [2.75, 3.05) is 19.6 Å². The summed E-state index contributed by atoms with van der Waals surface area (Å²) in [6, 6.07) is 10.6. The van der Waals surface area contributed by atoms with Gasteiger partial charge in [-0.05, 0) is 31.4 Å². The van der Waals surface area contributed by atoms with E-state index in [4.69, 9.17) is 5.73 Å². The van der Waals surface area contributed by atoms with Gasteiger partial charge in [0.2, 0.25) is 0 Å². The predicted molar refractivity (Wildman–Crippen MR) is 72.8 cm³/mol. The van der Waals surface area contributed by atoms with E-state index in [0.717, 1.165) is 13.0 Å². The molecule has 2 nitrogen and oxygen atoms in total. The molecular weight excluding hydrogens is 208 g/mol. The van der Waals surface area contributed by atoms with Gasteiger partial charge in [0.15, 0.2) is 0 Å². The molecule has 0 bridgehead atoms. The van der Waals surface area contributed by atoms with Gasteiger partial charge < -0.3 is 5.73 Å². The van der Waals surface area contributed by atoms with E-state index in [1.807, 2.05) is 6.07 Å². The molecule has 17 heavy (non-hydrogen) atoms. The van der Waals surface area contributed by atoms with E-state index in [0.29, 0.717) is 0 Å². The normalized spacial score (nSPS) is 18.2. The Balaban J connectivity index is 1.70. The first kappa shape index (κ1) is 12.3. The molecule has 0 saturated heterocycles. The fourth-order valence-corrected chi connectivity index (χ4v) is 2.29. The smallest absolute Gasteiger partial charge is 0.0295 e. The van der Waals surface area contributed by atoms with Crippen LogP contribution in [0.2, 0.25) is 0 Å². The molecule has 1 aromatic carbocycles. The highest BCUT2D eigenvalue weighted by atomic mass is 15.1. The highest BCUT2D eigenvalue weighted by molar-refractivity contribution is 5.18. The summed E-state index contributed by atoms with van der Waals surface area (Å²) in [6.45, 7) is 3.49. The van der Waals surface area contributed by atoms with Crippen LogP contribution in [0.1, 0.15) is 30.9 Å². The van der Waals surface area contributed by atoms with Gasteiger partial charge in [0.1, 0.15) is 0 Å². The van der Waals surface area contributed by atoms with Crippen molar-refractivity contribution in [3.05, 3.63) is 48.0 Å². The van der Waals surface area contributed by atoms with Gasteiger partial charge in [0, 0.05) is 19.1 Å². The fourth-order valence-electron chi connectivity index (χ4n) is 2.29. The van der Waals surface area contributed by atoms with E-state index in [9.17, 15) is 0 Å². The maximum absolute atomic E-state index is 6.18. The Hall–Kier alpha value is -1.12. The average Bonchev–Trinajstić information content (AvgIpc) is 2.41. The summed E-state index contributed by atoms with van der Waals surface area (Å²) in [5.41, 5.74) is 7.43. The van der Waals surface area contributed by atoms with Crippen molar-refractivity contribution in [1.29, 1.82) is 0 Å². The maximum Gasteiger partial charge on any atom is 0.0295 e. The Labute approximate surface area is 104 Å². The lowest BCUT2D eigenvalue weighted by Gasteiger charge is -2.23. The first-order chi connectivity index (χ1) is 8.36. The van der Waals surface area contributed by atoms with Crippen LogP contribution in [0.4, 0.5) is 0 Å². The molecular formula is C15H22N2. The molecule has 1 heterocycles. The maximum atomic E-state index is 6.18. The number of nitrogens with zero attached hydrogens (tertiary/aromatic N) is 1. The molecule has 2 rings (SSSR count). The molecule has 0 radical (unpaired) electrons. The molecule has 2 N–H and O–H groups in total. The van der Waals surface area contributed by atoms with Crippen molar-refractivity contribution in [2.24, 2.45) is 5.73 Å². The fraction of sp³-hybridized carbons (Fsp3) is 0.467. The third kappa shape index (κ3) is 3.99. The molecule has 1 aliphatic rings. The summed E-state index contributed by atoms with van der Waals surface area (Å²) in [6.07, 6.45) is 7.99. The topological polar surface area (TPSA) is 29.3 Å². The van der Waals surface area contributed by atoms with Crippen molar-refractivity contribution >= 4 is 0 Å². The molecule has 92 valence electrons. The Morgan fingerprint density at radius 3 is 2.71 bits per heavy atom. The Bertz CT molecular complexity index is 345. The van der Waals surface area contributed by atoms with Gasteiger partial charge in [-0.2, -0.15) is 0 Å². The van der Waals surface area contributed by atoms with E-state index < -0.39 is 0 Å². The highest BCUT2D eigenvalue weighted by Gasteiger charge is 2.08. The highest BCUT2D eigenvalue weighted by Crippen LogP contribution is 2.15. The van der Waals surface area contributed by atoms with Gasteiger partial charge in [-0.25, -0.2) is 0 Å². The predicted octanol–water partition coefficient (Wildman–Crippen LogP) is 2.73. The standard InChI is InChI=1S/C15H22N2/c16-15(14-8-3-1-4-9-14)10-7-13-17-11-5-2-6-12-17/h1-5,8-9,15H,6-7,10-13,16H2. The lowest BCUT2D eigenvalue weighted by molar-refractivity contribution is 0.288. The van der Waals surface area contributed by atoms with Crippen LogP contribution in [0.3, 0.4) is 0 Å². The molecule has 1 aromatic rings. The van der Waals surface area contributed by atoms with Crippen molar-refractivity contribution in [2.45, 2.75) is 25.3 Å².